The lowest BCUT2D eigenvalue weighted by atomic mass is 9.82. The van der Waals surface area contributed by atoms with Gasteiger partial charge in [-0.3, -0.25) is 4.79 Å². The van der Waals surface area contributed by atoms with Gasteiger partial charge in [0.2, 0.25) is 0 Å². The molecule has 4 rings (SSSR count). The number of rotatable bonds is 5. The van der Waals surface area contributed by atoms with Gasteiger partial charge in [0.15, 0.2) is 0 Å². The zero-order valence-corrected chi connectivity index (χ0v) is 17.7. The number of hydrogen-bond donors (Lipinski definition) is 1. The average Bonchev–Trinajstić information content (AvgIpc) is 3.58. The molecule has 3 aliphatic heterocycles. The Labute approximate surface area is 179 Å². The number of esters is 3. The standard InChI is InChI=1S/C22H26O9/c1-10(5-6-27-12(3)24)20(25)29-15-8-22(4)19(31-22)18-17(30-18)13(9-23)7-14-16(15)11(2)21(26)28-14/h5,7,14-19,23H,2,6,8-9H2,1,3-4H3/b10-5-,13-7-/t14?,15-,16+,17+,18+,19-,22-/m1/s1. The fraction of sp³-hybridized carbons (Fsp3) is 0.591. The quantitative estimate of drug-likeness (QED) is 0.219. The third-order valence-electron chi connectivity index (χ3n) is 6.22. The van der Waals surface area contributed by atoms with Gasteiger partial charge in [-0.2, -0.15) is 0 Å². The molecule has 0 radical (unpaired) electrons. The highest BCUT2D eigenvalue weighted by Crippen LogP contribution is 2.53. The summed E-state index contributed by atoms with van der Waals surface area (Å²) in [5.74, 6) is -2.26. The molecule has 168 valence electrons. The first-order valence-corrected chi connectivity index (χ1v) is 10.2. The monoisotopic (exact) mass is 434 g/mol. The van der Waals surface area contributed by atoms with Gasteiger partial charge in [0.05, 0.1) is 18.1 Å². The van der Waals surface area contributed by atoms with Crippen molar-refractivity contribution >= 4 is 17.9 Å². The van der Waals surface area contributed by atoms with Gasteiger partial charge in [0.25, 0.3) is 0 Å². The third kappa shape index (κ3) is 4.17. The zero-order chi connectivity index (χ0) is 22.5. The van der Waals surface area contributed by atoms with Crippen molar-refractivity contribution in [3.63, 3.8) is 0 Å². The SMILES string of the molecule is C=C1C(=O)OC2/C=C(/CO)[C@@H]3O[C@@H]3[C@H]3O[C@]3(C)C[C@@H](OC(=O)/C(C)=C\COC(C)=O)[C@@H]12. The van der Waals surface area contributed by atoms with E-state index in [-0.39, 0.29) is 42.7 Å². The lowest BCUT2D eigenvalue weighted by Crippen LogP contribution is -2.38. The van der Waals surface area contributed by atoms with Crippen molar-refractivity contribution in [2.45, 2.75) is 63.3 Å². The van der Waals surface area contributed by atoms with Crippen molar-refractivity contribution in [1.82, 2.24) is 0 Å². The molecule has 0 spiro atoms. The summed E-state index contributed by atoms with van der Waals surface area (Å²) in [7, 11) is 0. The first-order valence-electron chi connectivity index (χ1n) is 10.2. The van der Waals surface area contributed by atoms with E-state index in [1.807, 2.05) is 6.92 Å². The van der Waals surface area contributed by atoms with Crippen LogP contribution in [0.25, 0.3) is 0 Å². The van der Waals surface area contributed by atoms with Crippen LogP contribution in [0.3, 0.4) is 0 Å². The molecule has 3 heterocycles. The maximum Gasteiger partial charge on any atom is 0.334 e. The average molecular weight is 434 g/mol. The van der Waals surface area contributed by atoms with Gasteiger partial charge in [-0.15, -0.1) is 0 Å². The van der Waals surface area contributed by atoms with Crippen molar-refractivity contribution in [3.05, 3.63) is 35.5 Å². The fourth-order valence-corrected chi connectivity index (χ4v) is 4.36. The fourth-order valence-electron chi connectivity index (χ4n) is 4.36. The summed E-state index contributed by atoms with van der Waals surface area (Å²) in [5, 5.41) is 9.81. The molecule has 0 aromatic heterocycles. The Morgan fingerprint density at radius 3 is 2.81 bits per heavy atom. The number of epoxide rings is 2. The van der Waals surface area contributed by atoms with E-state index in [0.29, 0.717) is 12.0 Å². The molecule has 4 aliphatic rings. The largest absolute Gasteiger partial charge is 0.462 e. The van der Waals surface area contributed by atoms with Crippen LogP contribution in [0.1, 0.15) is 27.2 Å². The van der Waals surface area contributed by atoms with Crippen LogP contribution in [0, 0.1) is 5.92 Å². The Kier molecular flexibility index (Phi) is 5.53. The van der Waals surface area contributed by atoms with Crippen molar-refractivity contribution < 1.29 is 43.2 Å². The number of aliphatic hydroxyl groups is 1. The Morgan fingerprint density at radius 1 is 1.39 bits per heavy atom. The number of ether oxygens (including phenoxy) is 5. The van der Waals surface area contributed by atoms with Gasteiger partial charge in [0, 0.05) is 24.5 Å². The first kappa shape index (κ1) is 21.7. The van der Waals surface area contributed by atoms with Gasteiger partial charge in [-0.1, -0.05) is 6.58 Å². The van der Waals surface area contributed by atoms with E-state index in [1.54, 1.807) is 13.0 Å². The van der Waals surface area contributed by atoms with E-state index in [0.717, 1.165) is 0 Å². The summed E-state index contributed by atoms with van der Waals surface area (Å²) in [4.78, 5) is 35.9. The van der Waals surface area contributed by atoms with E-state index in [1.165, 1.54) is 13.0 Å². The van der Waals surface area contributed by atoms with E-state index in [2.05, 4.69) is 6.58 Å². The van der Waals surface area contributed by atoms with Crippen molar-refractivity contribution in [2.75, 3.05) is 13.2 Å². The molecule has 31 heavy (non-hydrogen) atoms. The molecule has 1 N–H and O–H groups in total. The second-order valence-electron chi connectivity index (χ2n) is 8.53. The molecule has 9 nitrogen and oxygen atoms in total. The molecule has 9 heteroatoms. The molecule has 1 aliphatic carbocycles. The van der Waals surface area contributed by atoms with E-state index < -0.39 is 41.6 Å². The maximum atomic E-state index is 12.7. The van der Waals surface area contributed by atoms with Gasteiger partial charge in [-0.25, -0.2) is 9.59 Å². The van der Waals surface area contributed by atoms with Crippen molar-refractivity contribution in [1.29, 1.82) is 0 Å². The minimum atomic E-state index is -0.755. The van der Waals surface area contributed by atoms with Crippen LogP contribution in [0.4, 0.5) is 0 Å². The molecule has 0 aromatic rings. The second-order valence-corrected chi connectivity index (χ2v) is 8.53. The van der Waals surface area contributed by atoms with Crippen molar-refractivity contribution in [3.8, 4) is 0 Å². The molecule has 3 saturated heterocycles. The minimum absolute atomic E-state index is 0.0484. The molecule has 1 unspecified atom stereocenters. The van der Waals surface area contributed by atoms with Crippen LogP contribution in [0.15, 0.2) is 35.5 Å². The summed E-state index contributed by atoms with van der Waals surface area (Å²) < 4.78 is 27.7. The van der Waals surface area contributed by atoms with Gasteiger partial charge >= 0.3 is 17.9 Å². The highest BCUT2D eigenvalue weighted by molar-refractivity contribution is 5.92. The summed E-state index contributed by atoms with van der Waals surface area (Å²) in [6.45, 7) is 8.29. The van der Waals surface area contributed by atoms with Gasteiger partial charge in [0.1, 0.15) is 37.1 Å². The number of carbonyl (C=O) groups excluding carboxylic acids is 3. The van der Waals surface area contributed by atoms with E-state index in [9.17, 15) is 19.5 Å². The lowest BCUT2D eigenvalue weighted by Gasteiger charge is -2.28. The normalized spacial score (nSPS) is 40.4. The summed E-state index contributed by atoms with van der Waals surface area (Å²) in [5.41, 5.74) is 0.465. The van der Waals surface area contributed by atoms with Crippen LogP contribution >= 0.6 is 0 Å². The topological polar surface area (TPSA) is 124 Å². The Balaban J connectivity index is 1.60. The first-order chi connectivity index (χ1) is 14.6. The zero-order valence-electron chi connectivity index (χ0n) is 17.7. The van der Waals surface area contributed by atoms with E-state index in [4.69, 9.17) is 23.7 Å². The lowest BCUT2D eigenvalue weighted by molar-refractivity contribution is -0.148. The number of fused-ring (bicyclic) bond motifs is 4. The molecule has 3 fully saturated rings. The van der Waals surface area contributed by atoms with Gasteiger partial charge < -0.3 is 28.8 Å². The smallest absolute Gasteiger partial charge is 0.334 e. The Morgan fingerprint density at radius 2 is 2.13 bits per heavy atom. The van der Waals surface area contributed by atoms with Crippen LogP contribution in [-0.4, -0.2) is 72.3 Å². The van der Waals surface area contributed by atoms with Gasteiger partial charge in [-0.05, 0) is 31.6 Å². The highest BCUT2D eigenvalue weighted by atomic mass is 16.7. The second kappa shape index (κ2) is 7.89. The minimum Gasteiger partial charge on any atom is -0.462 e. The Bertz CT molecular complexity index is 887. The maximum absolute atomic E-state index is 12.7. The van der Waals surface area contributed by atoms with E-state index >= 15 is 0 Å². The molecule has 0 bridgehead atoms. The number of hydrogen-bond acceptors (Lipinski definition) is 9. The van der Waals surface area contributed by atoms with Crippen LogP contribution < -0.4 is 0 Å². The number of aliphatic hydroxyl groups excluding tert-OH is 1. The third-order valence-corrected chi connectivity index (χ3v) is 6.22. The summed E-state index contributed by atoms with van der Waals surface area (Å²) in [6.07, 6.45) is 1.28. The predicted octanol–water partition coefficient (Wildman–Crippen LogP) is 0.753. The van der Waals surface area contributed by atoms with Crippen LogP contribution in [0.2, 0.25) is 0 Å². The molecule has 7 atom stereocenters. The number of carbonyl (C=O) groups is 3. The summed E-state index contributed by atoms with van der Waals surface area (Å²) >= 11 is 0. The van der Waals surface area contributed by atoms with Crippen LogP contribution in [-0.2, 0) is 38.1 Å². The predicted molar refractivity (Wildman–Crippen MR) is 105 cm³/mol. The molecular formula is C22H26O9. The van der Waals surface area contributed by atoms with Crippen LogP contribution in [0.5, 0.6) is 0 Å². The molecular weight excluding hydrogens is 408 g/mol. The van der Waals surface area contributed by atoms with Crippen molar-refractivity contribution in [2.24, 2.45) is 5.92 Å². The summed E-state index contributed by atoms with van der Waals surface area (Å²) in [6, 6.07) is 0. The molecule has 0 aromatic carbocycles. The molecule has 0 saturated carbocycles. The highest BCUT2D eigenvalue weighted by Gasteiger charge is 2.67. The molecule has 0 amide bonds. The Hall–Kier alpha value is -2.49.